The van der Waals surface area contributed by atoms with Gasteiger partial charge in [-0.25, -0.2) is 9.97 Å². The van der Waals surface area contributed by atoms with Crippen LogP contribution in [0.2, 0.25) is 0 Å². The second-order valence-electron chi connectivity index (χ2n) is 4.48. The molecular weight excluding hydrogens is 234 g/mol. The van der Waals surface area contributed by atoms with Crippen molar-refractivity contribution < 1.29 is 0 Å². The van der Waals surface area contributed by atoms with Crippen LogP contribution in [-0.4, -0.2) is 9.97 Å². The fraction of sp³-hybridized carbons (Fsp3) is 0.312. The van der Waals surface area contributed by atoms with E-state index in [1.807, 2.05) is 24.3 Å². The van der Waals surface area contributed by atoms with Gasteiger partial charge in [0.2, 0.25) is 5.82 Å². The quantitative estimate of drug-likeness (QED) is 0.835. The zero-order valence-corrected chi connectivity index (χ0v) is 11.3. The van der Waals surface area contributed by atoms with E-state index < -0.39 is 0 Å². The normalized spacial score (nSPS) is 10.2. The molecule has 1 aromatic carbocycles. The van der Waals surface area contributed by atoms with Crippen molar-refractivity contribution >= 4 is 0 Å². The van der Waals surface area contributed by atoms with Gasteiger partial charge in [0.25, 0.3) is 0 Å². The van der Waals surface area contributed by atoms with Crippen molar-refractivity contribution in [3.63, 3.8) is 0 Å². The Labute approximate surface area is 114 Å². The molecule has 0 radical (unpaired) electrons. The summed E-state index contributed by atoms with van der Waals surface area (Å²) in [6.45, 7) is 4.23. The summed E-state index contributed by atoms with van der Waals surface area (Å²) in [7, 11) is 0. The molecule has 2 aromatic rings. The largest absolute Gasteiger partial charge is 0.232 e. The smallest absolute Gasteiger partial charge is 0.224 e. The third-order valence-electron chi connectivity index (χ3n) is 3.02. The van der Waals surface area contributed by atoms with Gasteiger partial charge in [-0.15, -0.1) is 0 Å². The van der Waals surface area contributed by atoms with Crippen LogP contribution in [0.4, 0.5) is 0 Å². The second kappa shape index (κ2) is 6.10. The fourth-order valence-corrected chi connectivity index (χ4v) is 2.03. The highest BCUT2D eigenvalue weighted by Crippen LogP contribution is 2.20. The van der Waals surface area contributed by atoms with Crippen LogP contribution >= 0.6 is 0 Å². The van der Waals surface area contributed by atoms with Gasteiger partial charge in [-0.3, -0.25) is 0 Å². The Bertz CT molecular complexity index is 612. The standard InChI is InChI=1S/C16H17N3/c1-3-6-14-10-15(19-16(11-17)18-14)13-8-5-7-12(4-2)9-13/h5,7-10H,3-4,6H2,1-2H3. The van der Waals surface area contributed by atoms with Gasteiger partial charge in [0.05, 0.1) is 5.69 Å². The summed E-state index contributed by atoms with van der Waals surface area (Å²) >= 11 is 0. The zero-order chi connectivity index (χ0) is 13.7. The summed E-state index contributed by atoms with van der Waals surface area (Å²) in [4.78, 5) is 8.55. The Hall–Kier alpha value is -2.21. The SMILES string of the molecule is CCCc1cc(-c2cccc(CC)c2)nc(C#N)n1. The van der Waals surface area contributed by atoms with Crippen molar-refractivity contribution in [3.8, 4) is 17.3 Å². The molecule has 0 bridgehead atoms. The molecule has 3 heteroatoms. The lowest BCUT2D eigenvalue weighted by molar-refractivity contribution is 0.867. The van der Waals surface area contributed by atoms with Crippen LogP contribution in [0.15, 0.2) is 30.3 Å². The molecule has 0 aliphatic rings. The molecular formula is C16H17N3. The average molecular weight is 251 g/mol. The number of nitriles is 1. The highest BCUT2D eigenvalue weighted by Gasteiger charge is 2.06. The maximum atomic E-state index is 9.03. The molecule has 0 saturated heterocycles. The van der Waals surface area contributed by atoms with Crippen molar-refractivity contribution in [1.29, 1.82) is 5.26 Å². The Morgan fingerprint density at radius 1 is 1.16 bits per heavy atom. The number of hydrogen-bond donors (Lipinski definition) is 0. The Morgan fingerprint density at radius 3 is 2.68 bits per heavy atom. The number of rotatable bonds is 4. The minimum Gasteiger partial charge on any atom is -0.224 e. The molecule has 0 fully saturated rings. The van der Waals surface area contributed by atoms with Crippen LogP contribution in [0.25, 0.3) is 11.3 Å². The molecule has 0 amide bonds. The first kappa shape index (κ1) is 13.2. The predicted molar refractivity (Wildman–Crippen MR) is 75.6 cm³/mol. The topological polar surface area (TPSA) is 49.6 Å². The minimum absolute atomic E-state index is 0.253. The first-order chi connectivity index (χ1) is 9.26. The predicted octanol–water partition coefficient (Wildman–Crippen LogP) is 3.53. The van der Waals surface area contributed by atoms with Crippen molar-refractivity contribution in [2.75, 3.05) is 0 Å². The Kier molecular flexibility index (Phi) is 4.25. The van der Waals surface area contributed by atoms with Gasteiger partial charge >= 0.3 is 0 Å². The van der Waals surface area contributed by atoms with E-state index in [1.54, 1.807) is 0 Å². The van der Waals surface area contributed by atoms with Crippen molar-refractivity contribution in [1.82, 2.24) is 9.97 Å². The van der Waals surface area contributed by atoms with Crippen LogP contribution in [0.5, 0.6) is 0 Å². The molecule has 3 nitrogen and oxygen atoms in total. The maximum Gasteiger partial charge on any atom is 0.232 e. The van der Waals surface area contributed by atoms with E-state index in [4.69, 9.17) is 5.26 Å². The third-order valence-corrected chi connectivity index (χ3v) is 3.02. The molecule has 0 atom stereocenters. The van der Waals surface area contributed by atoms with E-state index in [2.05, 4.69) is 35.9 Å². The number of benzene rings is 1. The number of aromatic nitrogens is 2. The van der Waals surface area contributed by atoms with Crippen molar-refractivity contribution in [2.24, 2.45) is 0 Å². The number of nitrogens with zero attached hydrogens (tertiary/aromatic N) is 3. The first-order valence-electron chi connectivity index (χ1n) is 6.64. The summed E-state index contributed by atoms with van der Waals surface area (Å²) in [6.07, 6.45) is 2.87. The summed E-state index contributed by atoms with van der Waals surface area (Å²) < 4.78 is 0. The van der Waals surface area contributed by atoms with E-state index >= 15 is 0 Å². The maximum absolute atomic E-state index is 9.03. The van der Waals surface area contributed by atoms with Gasteiger partial charge in [0.15, 0.2) is 0 Å². The van der Waals surface area contributed by atoms with Crippen LogP contribution in [0.3, 0.4) is 0 Å². The van der Waals surface area contributed by atoms with Crippen LogP contribution in [-0.2, 0) is 12.8 Å². The molecule has 19 heavy (non-hydrogen) atoms. The molecule has 96 valence electrons. The lowest BCUT2D eigenvalue weighted by Crippen LogP contribution is -1.98. The molecule has 0 N–H and O–H groups in total. The molecule has 0 aliphatic carbocycles. The molecule has 0 aliphatic heterocycles. The van der Waals surface area contributed by atoms with Gasteiger partial charge in [0, 0.05) is 11.3 Å². The van der Waals surface area contributed by atoms with Crippen LogP contribution in [0.1, 0.15) is 37.4 Å². The van der Waals surface area contributed by atoms with Gasteiger partial charge in [0.1, 0.15) is 6.07 Å². The Balaban J connectivity index is 2.48. The minimum atomic E-state index is 0.253. The third kappa shape index (κ3) is 3.17. The van der Waals surface area contributed by atoms with E-state index in [9.17, 15) is 0 Å². The van der Waals surface area contributed by atoms with Gasteiger partial charge in [-0.1, -0.05) is 38.5 Å². The van der Waals surface area contributed by atoms with E-state index in [-0.39, 0.29) is 5.82 Å². The second-order valence-corrected chi connectivity index (χ2v) is 4.48. The molecule has 1 heterocycles. The van der Waals surface area contributed by atoms with E-state index in [0.29, 0.717) is 0 Å². The summed E-state index contributed by atoms with van der Waals surface area (Å²) in [5.74, 6) is 0.253. The average Bonchev–Trinajstić information content (AvgIpc) is 2.47. The molecule has 1 aromatic heterocycles. The molecule has 0 saturated carbocycles. The summed E-state index contributed by atoms with van der Waals surface area (Å²) in [5.41, 5.74) is 4.10. The van der Waals surface area contributed by atoms with Crippen molar-refractivity contribution in [2.45, 2.75) is 33.1 Å². The number of aryl methyl sites for hydroxylation is 2. The van der Waals surface area contributed by atoms with Crippen LogP contribution < -0.4 is 0 Å². The summed E-state index contributed by atoms with van der Waals surface area (Å²) in [6, 6.07) is 12.3. The van der Waals surface area contributed by atoms with Gasteiger partial charge in [-0.2, -0.15) is 5.26 Å². The van der Waals surface area contributed by atoms with E-state index in [1.165, 1.54) is 5.56 Å². The number of hydrogen-bond acceptors (Lipinski definition) is 3. The summed E-state index contributed by atoms with van der Waals surface area (Å²) in [5, 5.41) is 9.03. The monoisotopic (exact) mass is 251 g/mol. The van der Waals surface area contributed by atoms with E-state index in [0.717, 1.165) is 36.2 Å². The highest BCUT2D eigenvalue weighted by atomic mass is 14.9. The molecule has 0 unspecified atom stereocenters. The Morgan fingerprint density at radius 2 is 2.00 bits per heavy atom. The molecule has 0 spiro atoms. The first-order valence-corrected chi connectivity index (χ1v) is 6.64. The highest BCUT2D eigenvalue weighted by molar-refractivity contribution is 5.60. The lowest BCUT2D eigenvalue weighted by Gasteiger charge is -2.06. The fourth-order valence-electron chi connectivity index (χ4n) is 2.03. The van der Waals surface area contributed by atoms with Gasteiger partial charge in [-0.05, 0) is 30.5 Å². The van der Waals surface area contributed by atoms with Crippen LogP contribution in [0, 0.1) is 11.3 Å². The zero-order valence-electron chi connectivity index (χ0n) is 11.3. The van der Waals surface area contributed by atoms with Crippen molar-refractivity contribution in [3.05, 3.63) is 47.4 Å². The lowest BCUT2D eigenvalue weighted by atomic mass is 10.1. The molecule has 2 rings (SSSR count). The van der Waals surface area contributed by atoms with Gasteiger partial charge < -0.3 is 0 Å².